The molecule has 7 heavy (non-hydrogen) atoms. The van der Waals surface area contributed by atoms with E-state index in [1.807, 2.05) is 6.92 Å². The van der Waals surface area contributed by atoms with Crippen molar-refractivity contribution in [1.82, 2.24) is 0 Å². The van der Waals surface area contributed by atoms with E-state index < -0.39 is 5.50 Å². The first-order chi connectivity index (χ1) is 3.17. The summed E-state index contributed by atoms with van der Waals surface area (Å²) in [5.74, 6) is 0. The lowest BCUT2D eigenvalue weighted by atomic mass is 9.67. The van der Waals surface area contributed by atoms with Crippen molar-refractivity contribution in [3.05, 3.63) is 0 Å². The highest BCUT2D eigenvalue weighted by atomic mass is 16.3. The molecular weight excluding hydrogens is 88.9 g/mol. The van der Waals surface area contributed by atoms with Crippen molar-refractivity contribution in [2.75, 3.05) is 6.44 Å². The molecule has 1 aliphatic rings. The van der Waals surface area contributed by atoms with Crippen LogP contribution in [0, 0.1) is 0 Å². The van der Waals surface area contributed by atoms with Crippen molar-refractivity contribution < 1.29 is 5.11 Å². The van der Waals surface area contributed by atoms with Crippen LogP contribution < -0.4 is 5.73 Å². The normalized spacial score (nSPS) is 39.0. The van der Waals surface area contributed by atoms with E-state index in [1.165, 1.54) is 0 Å². The van der Waals surface area contributed by atoms with E-state index in [-0.39, 0.29) is 0 Å². The smallest absolute Gasteiger partial charge is 0.195 e. The average molecular weight is 98.9 g/mol. The molecule has 0 amide bonds. The Kier molecular flexibility index (Phi) is 0.903. The van der Waals surface area contributed by atoms with E-state index in [0.717, 1.165) is 6.32 Å². The molecular formula is C4H10BNO. The topological polar surface area (TPSA) is 46.2 Å². The predicted octanol–water partition coefficient (Wildman–Crippen LogP) is -0.717. The molecule has 0 bridgehead atoms. The Bertz CT molecular complexity index is 83.8. The van der Waals surface area contributed by atoms with E-state index in [2.05, 4.69) is 0 Å². The summed E-state index contributed by atoms with van der Waals surface area (Å²) < 4.78 is 0. The molecule has 40 valence electrons. The number of aliphatic hydroxyl groups is 1. The van der Waals surface area contributed by atoms with Crippen LogP contribution in [-0.2, 0) is 0 Å². The van der Waals surface area contributed by atoms with Crippen LogP contribution in [0.1, 0.15) is 6.92 Å². The molecule has 1 saturated heterocycles. The zero-order chi connectivity index (χ0) is 5.49. The van der Waals surface area contributed by atoms with Gasteiger partial charge in [-0.3, -0.25) is 0 Å². The summed E-state index contributed by atoms with van der Waals surface area (Å²) >= 11 is 0. The van der Waals surface area contributed by atoms with Gasteiger partial charge in [0.05, 0.1) is 0 Å². The Morgan fingerprint density at radius 3 is 2.43 bits per heavy atom. The van der Waals surface area contributed by atoms with Crippen LogP contribution in [0.25, 0.3) is 0 Å². The Labute approximate surface area is 43.8 Å². The lowest BCUT2D eigenvalue weighted by Gasteiger charge is -1.94. The van der Waals surface area contributed by atoms with Crippen LogP contribution in [-0.4, -0.2) is 23.8 Å². The van der Waals surface area contributed by atoms with Crippen LogP contribution in [0.4, 0.5) is 0 Å². The summed E-state index contributed by atoms with van der Waals surface area (Å²) in [4.78, 5) is 0. The maximum absolute atomic E-state index is 9.01. The van der Waals surface area contributed by atoms with Gasteiger partial charge < -0.3 is 10.8 Å². The van der Waals surface area contributed by atoms with Gasteiger partial charge in [-0.15, -0.1) is 0 Å². The second-order valence-corrected chi connectivity index (χ2v) is 2.49. The highest BCUT2D eigenvalue weighted by Gasteiger charge is 2.50. The Hall–Kier alpha value is -0.0151. The zero-order valence-electron chi connectivity index (χ0n) is 4.52. The molecule has 0 aromatic rings. The van der Waals surface area contributed by atoms with Gasteiger partial charge in [-0.25, -0.2) is 0 Å². The number of hydrogen-bond acceptors (Lipinski definition) is 2. The maximum Gasteiger partial charge on any atom is 0.195 e. The minimum absolute atomic E-state index is 0.382. The lowest BCUT2D eigenvalue weighted by molar-refractivity contribution is 0.205. The van der Waals surface area contributed by atoms with Gasteiger partial charge in [0.15, 0.2) is 6.71 Å². The summed E-state index contributed by atoms with van der Waals surface area (Å²) in [6.07, 6.45) is 1.52. The van der Waals surface area contributed by atoms with Gasteiger partial charge in [-0.1, -0.05) is 0 Å². The SMILES string of the molecule is CC1(O)CB1CN. The summed E-state index contributed by atoms with van der Waals surface area (Å²) in [7, 11) is 0. The van der Waals surface area contributed by atoms with Crippen molar-refractivity contribution in [2.45, 2.75) is 18.7 Å². The van der Waals surface area contributed by atoms with Crippen LogP contribution in [0.2, 0.25) is 6.32 Å². The molecule has 3 N–H and O–H groups in total. The number of nitrogens with two attached hydrogens (primary N) is 1. The highest BCUT2D eigenvalue weighted by Crippen LogP contribution is 2.33. The first-order valence-electron chi connectivity index (χ1n) is 2.59. The van der Waals surface area contributed by atoms with Crippen molar-refractivity contribution >= 4 is 6.71 Å². The molecule has 2 nitrogen and oxygen atoms in total. The molecule has 1 rings (SSSR count). The summed E-state index contributed by atoms with van der Waals surface area (Å²) in [5.41, 5.74) is 4.84. The fraction of sp³-hybridized carbons (Fsp3) is 1.00. The van der Waals surface area contributed by atoms with Gasteiger partial charge in [0.25, 0.3) is 0 Å². The summed E-state index contributed by atoms with van der Waals surface area (Å²) in [6.45, 7) is 2.21. The molecule has 0 spiro atoms. The first kappa shape index (κ1) is 5.13. The zero-order valence-corrected chi connectivity index (χ0v) is 4.52. The molecule has 1 atom stereocenters. The third-order valence-electron chi connectivity index (χ3n) is 1.66. The van der Waals surface area contributed by atoms with E-state index >= 15 is 0 Å². The van der Waals surface area contributed by atoms with Crippen LogP contribution in [0.5, 0.6) is 0 Å². The fourth-order valence-electron chi connectivity index (χ4n) is 0.777. The first-order valence-corrected chi connectivity index (χ1v) is 2.59. The fourth-order valence-corrected chi connectivity index (χ4v) is 0.777. The van der Waals surface area contributed by atoms with Crippen molar-refractivity contribution in [3.63, 3.8) is 0 Å². The second kappa shape index (κ2) is 1.23. The van der Waals surface area contributed by atoms with Gasteiger partial charge in [-0.2, -0.15) is 0 Å². The van der Waals surface area contributed by atoms with Crippen LogP contribution in [0.15, 0.2) is 0 Å². The van der Waals surface area contributed by atoms with Crippen LogP contribution >= 0.6 is 0 Å². The Morgan fingerprint density at radius 1 is 2.00 bits per heavy atom. The van der Waals surface area contributed by atoms with Crippen LogP contribution in [0.3, 0.4) is 0 Å². The van der Waals surface area contributed by atoms with E-state index in [9.17, 15) is 0 Å². The molecule has 0 aromatic heterocycles. The second-order valence-electron chi connectivity index (χ2n) is 2.49. The predicted molar refractivity (Wildman–Crippen MR) is 30.2 cm³/mol. The molecule has 0 saturated carbocycles. The van der Waals surface area contributed by atoms with E-state index in [4.69, 9.17) is 10.8 Å². The Morgan fingerprint density at radius 2 is 2.43 bits per heavy atom. The highest BCUT2D eigenvalue weighted by molar-refractivity contribution is 6.73. The average Bonchev–Trinajstić information content (AvgIpc) is 2.13. The van der Waals surface area contributed by atoms with Crippen molar-refractivity contribution in [3.8, 4) is 0 Å². The quantitative estimate of drug-likeness (QED) is 0.426. The van der Waals surface area contributed by atoms with Crippen molar-refractivity contribution in [1.29, 1.82) is 0 Å². The van der Waals surface area contributed by atoms with E-state index in [1.54, 1.807) is 0 Å². The molecule has 1 aliphatic heterocycles. The molecule has 0 radical (unpaired) electrons. The monoisotopic (exact) mass is 99.1 g/mol. The third kappa shape index (κ3) is 0.788. The number of hydrogen-bond donors (Lipinski definition) is 2. The minimum Gasteiger partial charge on any atom is -0.399 e. The maximum atomic E-state index is 9.01. The lowest BCUT2D eigenvalue weighted by Crippen LogP contribution is -2.20. The summed E-state index contributed by atoms with van der Waals surface area (Å²) in [6, 6.07) is 0. The third-order valence-corrected chi connectivity index (χ3v) is 1.66. The largest absolute Gasteiger partial charge is 0.399 e. The molecule has 1 fully saturated rings. The molecule has 3 heteroatoms. The van der Waals surface area contributed by atoms with Crippen molar-refractivity contribution in [2.24, 2.45) is 5.73 Å². The molecule has 1 unspecified atom stereocenters. The molecule has 1 heterocycles. The van der Waals surface area contributed by atoms with Gasteiger partial charge in [-0.05, 0) is 19.7 Å². The van der Waals surface area contributed by atoms with E-state index in [0.29, 0.717) is 13.2 Å². The van der Waals surface area contributed by atoms with Gasteiger partial charge in [0, 0.05) is 5.50 Å². The molecule has 0 aliphatic carbocycles. The summed E-state index contributed by atoms with van der Waals surface area (Å²) in [5, 5.41) is 9.01. The minimum atomic E-state index is -0.408. The standard InChI is InChI=1S/C4H10BNO/c1-4(7)2-5(4)3-6/h7H,2-3,6H2,1H3. The number of rotatable bonds is 1. The molecule has 0 aromatic carbocycles. The van der Waals surface area contributed by atoms with Gasteiger partial charge in [0.1, 0.15) is 0 Å². The van der Waals surface area contributed by atoms with Gasteiger partial charge in [0.2, 0.25) is 0 Å². The Balaban J connectivity index is 2.30. The van der Waals surface area contributed by atoms with Gasteiger partial charge >= 0.3 is 0 Å².